The van der Waals surface area contributed by atoms with Gasteiger partial charge in [0.2, 0.25) is 0 Å². The number of hydrazone groups is 1. The lowest BCUT2D eigenvalue weighted by Gasteiger charge is -2.05. The molecule has 3 rings (SSSR count). The molecule has 0 saturated heterocycles. The summed E-state index contributed by atoms with van der Waals surface area (Å²) in [7, 11) is 0. The molecule has 1 N–H and O–H groups in total. The van der Waals surface area contributed by atoms with Gasteiger partial charge >= 0.3 is 5.97 Å². The van der Waals surface area contributed by atoms with Crippen molar-refractivity contribution < 1.29 is 27.9 Å². The van der Waals surface area contributed by atoms with Gasteiger partial charge in [0.05, 0.1) is 18.4 Å². The Bertz CT molecular complexity index is 1040. The van der Waals surface area contributed by atoms with Gasteiger partial charge in [0.1, 0.15) is 11.5 Å². The molecule has 30 heavy (non-hydrogen) atoms. The Labute approximate surface area is 172 Å². The van der Waals surface area contributed by atoms with E-state index in [4.69, 9.17) is 13.9 Å². The SMILES string of the molecule is CCOC(=O)c1ccc(-c2ccc(/C=N/NC(=O)COc3ccccc3F)o2)cc1. The highest BCUT2D eigenvalue weighted by Gasteiger charge is 2.09. The number of hydrogen-bond acceptors (Lipinski definition) is 6. The van der Waals surface area contributed by atoms with E-state index >= 15 is 0 Å². The predicted octanol–water partition coefficient (Wildman–Crippen LogP) is 3.79. The number of esters is 1. The number of nitrogens with zero attached hydrogens (tertiary/aromatic N) is 1. The van der Waals surface area contributed by atoms with Gasteiger partial charge in [0.15, 0.2) is 18.2 Å². The molecule has 154 valence electrons. The highest BCUT2D eigenvalue weighted by atomic mass is 19.1. The molecule has 1 heterocycles. The van der Waals surface area contributed by atoms with Crippen LogP contribution >= 0.6 is 0 Å². The highest BCUT2D eigenvalue weighted by Crippen LogP contribution is 2.22. The fraction of sp³-hybridized carbons (Fsp3) is 0.136. The van der Waals surface area contributed by atoms with Crippen LogP contribution in [0.1, 0.15) is 23.0 Å². The quantitative estimate of drug-likeness (QED) is 0.347. The number of rotatable bonds is 8. The van der Waals surface area contributed by atoms with Crippen molar-refractivity contribution in [1.82, 2.24) is 5.43 Å². The summed E-state index contributed by atoms with van der Waals surface area (Å²) in [5, 5.41) is 3.79. The molecule has 0 radical (unpaired) electrons. The molecule has 0 unspecified atom stereocenters. The van der Waals surface area contributed by atoms with Crippen LogP contribution in [-0.4, -0.2) is 31.3 Å². The Morgan fingerprint density at radius 2 is 1.87 bits per heavy atom. The fourth-order valence-corrected chi connectivity index (χ4v) is 2.47. The minimum Gasteiger partial charge on any atom is -0.481 e. The molecule has 0 saturated carbocycles. The number of hydrogen-bond donors (Lipinski definition) is 1. The molecule has 3 aromatic rings. The van der Waals surface area contributed by atoms with Gasteiger partial charge < -0.3 is 13.9 Å². The highest BCUT2D eigenvalue weighted by molar-refractivity contribution is 5.90. The first kappa shape index (κ1) is 20.8. The number of carbonyl (C=O) groups excluding carboxylic acids is 2. The van der Waals surface area contributed by atoms with Crippen molar-refractivity contribution in [2.75, 3.05) is 13.2 Å². The van der Waals surface area contributed by atoms with E-state index in [1.165, 1.54) is 24.4 Å². The molecule has 0 bridgehead atoms. The molecule has 1 amide bonds. The molecule has 0 aliphatic rings. The maximum absolute atomic E-state index is 13.4. The van der Waals surface area contributed by atoms with Crippen LogP contribution in [0.25, 0.3) is 11.3 Å². The molecular formula is C22H19FN2O5. The third kappa shape index (κ3) is 5.54. The van der Waals surface area contributed by atoms with Crippen molar-refractivity contribution in [3.05, 3.63) is 77.8 Å². The second-order valence-electron chi connectivity index (χ2n) is 6.01. The number of ether oxygens (including phenoxy) is 2. The Morgan fingerprint density at radius 1 is 1.10 bits per heavy atom. The zero-order valence-electron chi connectivity index (χ0n) is 16.1. The van der Waals surface area contributed by atoms with E-state index in [-0.39, 0.29) is 18.3 Å². The molecule has 2 aromatic carbocycles. The number of amides is 1. The monoisotopic (exact) mass is 410 g/mol. The number of carbonyl (C=O) groups is 2. The van der Waals surface area contributed by atoms with E-state index in [9.17, 15) is 14.0 Å². The molecule has 1 aromatic heterocycles. The zero-order chi connectivity index (χ0) is 21.3. The molecule has 8 heteroatoms. The normalized spacial score (nSPS) is 10.7. The van der Waals surface area contributed by atoms with Gasteiger partial charge in [-0.2, -0.15) is 5.10 Å². The molecule has 0 atom stereocenters. The first-order valence-electron chi connectivity index (χ1n) is 9.13. The van der Waals surface area contributed by atoms with Gasteiger partial charge in [-0.15, -0.1) is 0 Å². The van der Waals surface area contributed by atoms with Gasteiger partial charge in [-0.05, 0) is 43.3 Å². The van der Waals surface area contributed by atoms with Crippen LogP contribution in [0.15, 0.2) is 70.2 Å². The molecule has 0 spiro atoms. The summed E-state index contributed by atoms with van der Waals surface area (Å²) in [6, 6.07) is 16.0. The molecule has 0 aliphatic carbocycles. The van der Waals surface area contributed by atoms with Crippen LogP contribution < -0.4 is 10.2 Å². The van der Waals surface area contributed by atoms with Gasteiger partial charge in [0.25, 0.3) is 5.91 Å². The minimum atomic E-state index is -0.549. The number of nitrogens with one attached hydrogen (secondary N) is 1. The average molecular weight is 410 g/mol. The van der Waals surface area contributed by atoms with Crippen LogP contribution in [0.4, 0.5) is 4.39 Å². The summed E-state index contributed by atoms with van der Waals surface area (Å²) in [5.74, 6) is -0.508. The Hall–Kier alpha value is -3.94. The summed E-state index contributed by atoms with van der Waals surface area (Å²) >= 11 is 0. The lowest BCUT2D eigenvalue weighted by Crippen LogP contribution is -2.24. The zero-order valence-corrected chi connectivity index (χ0v) is 16.1. The van der Waals surface area contributed by atoms with Crippen molar-refractivity contribution in [1.29, 1.82) is 0 Å². The van der Waals surface area contributed by atoms with Crippen LogP contribution in [0.5, 0.6) is 5.75 Å². The predicted molar refractivity (Wildman–Crippen MR) is 108 cm³/mol. The van der Waals surface area contributed by atoms with Crippen LogP contribution in [0.2, 0.25) is 0 Å². The van der Waals surface area contributed by atoms with E-state index in [2.05, 4.69) is 10.5 Å². The van der Waals surface area contributed by atoms with E-state index in [0.717, 1.165) is 5.56 Å². The van der Waals surface area contributed by atoms with E-state index in [0.29, 0.717) is 23.7 Å². The number of halogens is 1. The third-order valence-corrected chi connectivity index (χ3v) is 3.88. The molecule has 0 aliphatic heterocycles. The fourth-order valence-electron chi connectivity index (χ4n) is 2.47. The Morgan fingerprint density at radius 3 is 2.60 bits per heavy atom. The van der Waals surface area contributed by atoms with Gasteiger partial charge in [-0.1, -0.05) is 24.3 Å². The molecular weight excluding hydrogens is 391 g/mol. The Kier molecular flexibility index (Phi) is 6.94. The number of furan rings is 1. The molecule has 0 fully saturated rings. The maximum Gasteiger partial charge on any atom is 0.338 e. The van der Waals surface area contributed by atoms with Crippen LogP contribution in [-0.2, 0) is 9.53 Å². The number of benzene rings is 2. The van der Waals surface area contributed by atoms with Crippen molar-refractivity contribution in [3.63, 3.8) is 0 Å². The van der Waals surface area contributed by atoms with Crippen molar-refractivity contribution >= 4 is 18.1 Å². The largest absolute Gasteiger partial charge is 0.481 e. The summed E-state index contributed by atoms with van der Waals surface area (Å²) in [6.07, 6.45) is 1.33. The van der Waals surface area contributed by atoms with E-state index in [1.54, 1.807) is 49.4 Å². The van der Waals surface area contributed by atoms with E-state index in [1.807, 2.05) is 0 Å². The second-order valence-corrected chi connectivity index (χ2v) is 6.01. The maximum atomic E-state index is 13.4. The Balaban J connectivity index is 1.52. The molecule has 7 nitrogen and oxygen atoms in total. The van der Waals surface area contributed by atoms with Crippen LogP contribution in [0, 0.1) is 5.82 Å². The van der Waals surface area contributed by atoms with Gasteiger partial charge in [-0.25, -0.2) is 14.6 Å². The minimum absolute atomic E-state index is 0.0127. The van der Waals surface area contributed by atoms with Gasteiger partial charge in [0, 0.05) is 5.56 Å². The third-order valence-electron chi connectivity index (χ3n) is 3.88. The standard InChI is InChI=1S/C22H19FN2O5/c1-2-28-22(27)16-9-7-15(8-10-16)19-12-11-17(30-19)13-24-25-21(26)14-29-20-6-4-3-5-18(20)23/h3-13H,2,14H2,1H3,(H,25,26)/b24-13+. The lowest BCUT2D eigenvalue weighted by atomic mass is 10.1. The summed E-state index contributed by atoms with van der Waals surface area (Å²) in [4.78, 5) is 23.4. The summed E-state index contributed by atoms with van der Waals surface area (Å²) < 4.78 is 29.1. The topological polar surface area (TPSA) is 90.1 Å². The first-order chi connectivity index (χ1) is 14.6. The first-order valence-corrected chi connectivity index (χ1v) is 9.13. The summed E-state index contributed by atoms with van der Waals surface area (Å²) in [6.45, 7) is 1.68. The van der Waals surface area contributed by atoms with Crippen molar-refractivity contribution in [2.24, 2.45) is 5.10 Å². The van der Waals surface area contributed by atoms with Crippen molar-refractivity contribution in [3.8, 4) is 17.1 Å². The van der Waals surface area contributed by atoms with Crippen molar-refractivity contribution in [2.45, 2.75) is 6.92 Å². The van der Waals surface area contributed by atoms with Crippen LogP contribution in [0.3, 0.4) is 0 Å². The average Bonchev–Trinajstić information content (AvgIpc) is 3.22. The lowest BCUT2D eigenvalue weighted by molar-refractivity contribution is -0.123. The number of para-hydroxylation sites is 1. The van der Waals surface area contributed by atoms with Gasteiger partial charge in [-0.3, -0.25) is 4.79 Å². The van der Waals surface area contributed by atoms with E-state index < -0.39 is 11.7 Å². The second kappa shape index (κ2) is 10.0. The summed E-state index contributed by atoms with van der Waals surface area (Å²) in [5.41, 5.74) is 3.49. The smallest absolute Gasteiger partial charge is 0.338 e.